The predicted molar refractivity (Wildman–Crippen MR) is 73.1 cm³/mol. The molecule has 106 valence electrons. The molecule has 5 nitrogen and oxygen atoms in total. The molecule has 0 saturated heterocycles. The van der Waals surface area contributed by atoms with Crippen LogP contribution in [0.5, 0.6) is 0 Å². The lowest BCUT2D eigenvalue weighted by molar-refractivity contribution is -0.137. The third-order valence-electron chi connectivity index (χ3n) is 2.83. The molecule has 0 spiro atoms. The van der Waals surface area contributed by atoms with Crippen LogP contribution < -0.4 is 4.72 Å². The molecule has 1 atom stereocenters. The number of nitrogens with one attached hydrogen (secondary N) is 1. The quantitative estimate of drug-likeness (QED) is 0.805. The fourth-order valence-electron chi connectivity index (χ4n) is 1.82. The SMILES string of the molecule is CCC(NS(=O)(=O)CC(=O)OC)c1ccccc1C. The van der Waals surface area contributed by atoms with Crippen LogP contribution >= 0.6 is 0 Å². The van der Waals surface area contributed by atoms with Gasteiger partial charge < -0.3 is 4.74 Å². The Morgan fingerprint density at radius 1 is 1.37 bits per heavy atom. The third kappa shape index (κ3) is 4.65. The summed E-state index contributed by atoms with van der Waals surface area (Å²) in [4.78, 5) is 11.1. The number of esters is 1. The van der Waals surface area contributed by atoms with Gasteiger partial charge >= 0.3 is 5.97 Å². The van der Waals surface area contributed by atoms with E-state index in [2.05, 4.69) is 9.46 Å². The van der Waals surface area contributed by atoms with Gasteiger partial charge in [0.15, 0.2) is 5.75 Å². The number of benzene rings is 1. The number of rotatable bonds is 6. The van der Waals surface area contributed by atoms with Crippen LogP contribution in [0.1, 0.15) is 30.5 Å². The molecule has 0 heterocycles. The summed E-state index contributed by atoms with van der Waals surface area (Å²) in [6, 6.07) is 7.22. The minimum atomic E-state index is -3.69. The Kier molecular flexibility index (Phi) is 5.50. The zero-order valence-corrected chi connectivity index (χ0v) is 12.2. The Labute approximate surface area is 114 Å². The number of sulfonamides is 1. The largest absolute Gasteiger partial charge is 0.468 e. The first-order valence-electron chi connectivity index (χ1n) is 6.02. The summed E-state index contributed by atoms with van der Waals surface area (Å²) in [5, 5.41) is 0. The van der Waals surface area contributed by atoms with Crippen LogP contribution in [0.25, 0.3) is 0 Å². The van der Waals surface area contributed by atoms with Crippen LogP contribution in [0, 0.1) is 6.92 Å². The lowest BCUT2D eigenvalue weighted by Gasteiger charge is -2.19. The molecule has 0 aromatic heterocycles. The van der Waals surface area contributed by atoms with Crippen molar-refractivity contribution in [2.75, 3.05) is 12.9 Å². The fraction of sp³-hybridized carbons (Fsp3) is 0.462. The zero-order valence-electron chi connectivity index (χ0n) is 11.3. The van der Waals surface area contributed by atoms with Crippen LogP contribution in [0.3, 0.4) is 0 Å². The number of ether oxygens (including phenoxy) is 1. The van der Waals surface area contributed by atoms with E-state index in [0.717, 1.165) is 18.2 Å². The first-order valence-corrected chi connectivity index (χ1v) is 7.67. The van der Waals surface area contributed by atoms with E-state index in [4.69, 9.17) is 0 Å². The van der Waals surface area contributed by atoms with Gasteiger partial charge in [0.2, 0.25) is 10.0 Å². The molecule has 0 radical (unpaired) electrons. The Morgan fingerprint density at radius 3 is 2.53 bits per heavy atom. The van der Waals surface area contributed by atoms with Crippen LogP contribution in [0.2, 0.25) is 0 Å². The van der Waals surface area contributed by atoms with Crippen molar-refractivity contribution in [3.8, 4) is 0 Å². The van der Waals surface area contributed by atoms with Crippen LogP contribution in [-0.4, -0.2) is 27.2 Å². The van der Waals surface area contributed by atoms with E-state index in [-0.39, 0.29) is 6.04 Å². The van der Waals surface area contributed by atoms with Crippen molar-refractivity contribution < 1.29 is 17.9 Å². The van der Waals surface area contributed by atoms with Crippen molar-refractivity contribution in [1.29, 1.82) is 0 Å². The molecule has 0 aliphatic heterocycles. The molecular formula is C13H19NO4S. The second-order valence-electron chi connectivity index (χ2n) is 4.27. The topological polar surface area (TPSA) is 72.5 Å². The molecule has 1 unspecified atom stereocenters. The lowest BCUT2D eigenvalue weighted by Crippen LogP contribution is -2.33. The monoisotopic (exact) mass is 285 g/mol. The van der Waals surface area contributed by atoms with Crippen molar-refractivity contribution in [1.82, 2.24) is 4.72 Å². The van der Waals surface area contributed by atoms with Crippen molar-refractivity contribution in [2.24, 2.45) is 0 Å². The van der Waals surface area contributed by atoms with Gasteiger partial charge in [-0.1, -0.05) is 31.2 Å². The van der Waals surface area contributed by atoms with E-state index in [1.807, 2.05) is 38.1 Å². The van der Waals surface area contributed by atoms with E-state index in [1.54, 1.807) is 0 Å². The Balaban J connectivity index is 2.89. The molecule has 0 bridgehead atoms. The normalized spacial score (nSPS) is 13.0. The molecule has 6 heteroatoms. The number of methoxy groups -OCH3 is 1. The molecule has 0 fully saturated rings. The maximum absolute atomic E-state index is 11.8. The Bertz CT molecular complexity index is 539. The number of carbonyl (C=O) groups is 1. The smallest absolute Gasteiger partial charge is 0.322 e. The van der Waals surface area contributed by atoms with Gasteiger partial charge in [-0.05, 0) is 24.5 Å². The molecule has 1 N–H and O–H groups in total. The summed E-state index contributed by atoms with van der Waals surface area (Å²) in [5.41, 5.74) is 1.92. The minimum absolute atomic E-state index is 0.337. The van der Waals surface area contributed by atoms with Gasteiger partial charge in [0.1, 0.15) is 0 Å². The molecule has 0 saturated carbocycles. The van der Waals surface area contributed by atoms with E-state index in [9.17, 15) is 13.2 Å². The standard InChI is InChI=1S/C13H19NO4S/c1-4-12(11-8-6-5-7-10(11)2)14-19(16,17)9-13(15)18-3/h5-8,12,14H,4,9H2,1-3H3. The maximum Gasteiger partial charge on any atom is 0.322 e. The highest BCUT2D eigenvalue weighted by Gasteiger charge is 2.22. The van der Waals surface area contributed by atoms with Gasteiger partial charge in [0.05, 0.1) is 7.11 Å². The number of hydrogen-bond acceptors (Lipinski definition) is 4. The van der Waals surface area contributed by atoms with Crippen molar-refractivity contribution >= 4 is 16.0 Å². The molecule has 19 heavy (non-hydrogen) atoms. The summed E-state index contributed by atoms with van der Waals surface area (Å²) in [5.74, 6) is -1.43. The van der Waals surface area contributed by atoms with Gasteiger partial charge in [0, 0.05) is 6.04 Å². The van der Waals surface area contributed by atoms with Gasteiger partial charge in [-0.3, -0.25) is 4.79 Å². The Morgan fingerprint density at radius 2 is 2.00 bits per heavy atom. The van der Waals surface area contributed by atoms with Crippen LogP contribution in [-0.2, 0) is 19.6 Å². The fourth-order valence-corrected chi connectivity index (χ4v) is 3.06. The molecule has 1 rings (SSSR count). The van der Waals surface area contributed by atoms with E-state index >= 15 is 0 Å². The van der Waals surface area contributed by atoms with E-state index in [1.165, 1.54) is 0 Å². The van der Waals surface area contributed by atoms with Crippen LogP contribution in [0.15, 0.2) is 24.3 Å². The van der Waals surface area contributed by atoms with Gasteiger partial charge in [0.25, 0.3) is 0 Å². The minimum Gasteiger partial charge on any atom is -0.468 e. The molecule has 0 amide bonds. The highest BCUT2D eigenvalue weighted by Crippen LogP contribution is 2.21. The average molecular weight is 285 g/mol. The molecule has 0 aliphatic rings. The average Bonchev–Trinajstić information content (AvgIpc) is 2.36. The molecule has 0 aliphatic carbocycles. The first-order chi connectivity index (χ1) is 8.89. The maximum atomic E-state index is 11.8. The summed E-state index contributed by atoms with van der Waals surface area (Å²) < 4.78 is 30.6. The van der Waals surface area contributed by atoms with Crippen LogP contribution in [0.4, 0.5) is 0 Å². The summed E-state index contributed by atoms with van der Waals surface area (Å²) >= 11 is 0. The van der Waals surface area contributed by atoms with Crippen molar-refractivity contribution in [3.63, 3.8) is 0 Å². The van der Waals surface area contributed by atoms with E-state index in [0.29, 0.717) is 6.42 Å². The third-order valence-corrected chi connectivity index (χ3v) is 4.09. The second-order valence-corrected chi connectivity index (χ2v) is 6.02. The highest BCUT2D eigenvalue weighted by molar-refractivity contribution is 7.90. The number of carbonyl (C=O) groups excluding carboxylic acids is 1. The second kappa shape index (κ2) is 6.68. The first kappa shape index (κ1) is 15.7. The van der Waals surface area contributed by atoms with E-state index < -0.39 is 21.7 Å². The number of aryl methyl sites for hydroxylation is 1. The zero-order chi connectivity index (χ0) is 14.5. The number of hydrogen-bond donors (Lipinski definition) is 1. The lowest BCUT2D eigenvalue weighted by atomic mass is 10.0. The highest BCUT2D eigenvalue weighted by atomic mass is 32.2. The Hall–Kier alpha value is -1.40. The van der Waals surface area contributed by atoms with Gasteiger partial charge in [-0.2, -0.15) is 0 Å². The molecular weight excluding hydrogens is 266 g/mol. The van der Waals surface area contributed by atoms with Gasteiger partial charge in [-0.25, -0.2) is 13.1 Å². The summed E-state index contributed by atoms with van der Waals surface area (Å²) in [6.07, 6.45) is 0.602. The van der Waals surface area contributed by atoms with Crippen molar-refractivity contribution in [2.45, 2.75) is 26.3 Å². The summed E-state index contributed by atoms with van der Waals surface area (Å²) in [6.45, 7) is 3.81. The molecule has 1 aromatic rings. The predicted octanol–water partition coefficient (Wildman–Crippen LogP) is 1.54. The van der Waals surface area contributed by atoms with Crippen molar-refractivity contribution in [3.05, 3.63) is 35.4 Å². The van der Waals surface area contributed by atoms with Gasteiger partial charge in [-0.15, -0.1) is 0 Å². The molecule has 1 aromatic carbocycles. The summed E-state index contributed by atoms with van der Waals surface area (Å²) in [7, 11) is -2.53.